The number of aliphatic imine (C=N–C) groups is 1. The number of alkyl halides is 3. The molecule has 1 aromatic heterocycles. The van der Waals surface area contributed by atoms with Gasteiger partial charge in [-0.1, -0.05) is 12.1 Å². The molecule has 0 aliphatic rings. The molecule has 0 saturated carbocycles. The van der Waals surface area contributed by atoms with Crippen LogP contribution in [0.4, 0.5) is 13.2 Å². The van der Waals surface area contributed by atoms with E-state index in [4.69, 9.17) is 9.15 Å². The number of benzene rings is 1. The molecule has 0 amide bonds. The molecular weight excluding hydrogens is 474 g/mol. The van der Waals surface area contributed by atoms with E-state index in [1.807, 2.05) is 19.1 Å². The van der Waals surface area contributed by atoms with Crippen LogP contribution in [0.2, 0.25) is 0 Å². The van der Waals surface area contributed by atoms with Gasteiger partial charge in [0.15, 0.2) is 12.6 Å². The van der Waals surface area contributed by atoms with Crippen molar-refractivity contribution in [2.75, 3.05) is 19.7 Å². The summed E-state index contributed by atoms with van der Waals surface area (Å²) in [4.78, 5) is 4.44. The van der Waals surface area contributed by atoms with Gasteiger partial charge in [-0.3, -0.25) is 0 Å². The fourth-order valence-corrected chi connectivity index (χ4v) is 2.17. The van der Waals surface area contributed by atoms with E-state index < -0.39 is 12.8 Å². The number of nitrogens with one attached hydrogen (secondary N) is 2. The second-order valence-corrected chi connectivity index (χ2v) is 5.50. The molecule has 2 N–H and O–H groups in total. The molecule has 0 atom stereocenters. The summed E-state index contributed by atoms with van der Waals surface area (Å²) in [6.07, 6.45) is -2.01. The molecule has 0 saturated heterocycles. The van der Waals surface area contributed by atoms with Crippen molar-refractivity contribution in [1.29, 1.82) is 0 Å². The third-order valence-electron chi connectivity index (χ3n) is 3.31. The summed E-state index contributed by atoms with van der Waals surface area (Å²) in [6.45, 7) is 2.31. The summed E-state index contributed by atoms with van der Waals surface area (Å²) in [5, 5.41) is 6.31. The van der Waals surface area contributed by atoms with E-state index in [2.05, 4.69) is 15.6 Å². The zero-order valence-corrected chi connectivity index (χ0v) is 17.2. The van der Waals surface area contributed by atoms with Crippen molar-refractivity contribution in [3.8, 4) is 5.75 Å². The van der Waals surface area contributed by atoms with Gasteiger partial charge in [-0.15, -0.1) is 24.0 Å². The highest BCUT2D eigenvalue weighted by Gasteiger charge is 2.28. The normalized spacial score (nSPS) is 11.6. The Kier molecular flexibility index (Phi) is 10.0. The molecule has 0 radical (unpaired) electrons. The molecule has 5 nitrogen and oxygen atoms in total. The number of ether oxygens (including phenoxy) is 1. The van der Waals surface area contributed by atoms with Crippen LogP contribution < -0.4 is 15.4 Å². The first-order chi connectivity index (χ1) is 12.5. The largest absolute Gasteiger partial charge is 0.484 e. The summed E-state index contributed by atoms with van der Waals surface area (Å²) in [5.41, 5.74) is 0.757. The van der Waals surface area contributed by atoms with Gasteiger partial charge < -0.3 is 19.8 Å². The zero-order valence-electron chi connectivity index (χ0n) is 14.9. The Morgan fingerprint density at radius 2 is 2.00 bits per heavy atom. The third-order valence-corrected chi connectivity index (χ3v) is 3.31. The van der Waals surface area contributed by atoms with Crippen molar-refractivity contribution in [2.24, 2.45) is 4.99 Å². The van der Waals surface area contributed by atoms with E-state index >= 15 is 0 Å². The van der Waals surface area contributed by atoms with Gasteiger partial charge in [0.25, 0.3) is 0 Å². The summed E-state index contributed by atoms with van der Waals surface area (Å²) in [5.74, 6) is 1.68. The van der Waals surface area contributed by atoms with Gasteiger partial charge in [0.05, 0.1) is 12.8 Å². The van der Waals surface area contributed by atoms with E-state index in [9.17, 15) is 13.2 Å². The number of hydrogen-bond acceptors (Lipinski definition) is 3. The van der Waals surface area contributed by atoms with Crippen molar-refractivity contribution < 1.29 is 22.3 Å². The molecule has 1 heterocycles. The monoisotopic (exact) mass is 497 g/mol. The van der Waals surface area contributed by atoms with Gasteiger partial charge in [0, 0.05) is 19.5 Å². The fourth-order valence-electron chi connectivity index (χ4n) is 2.17. The van der Waals surface area contributed by atoms with E-state index in [1.54, 1.807) is 24.5 Å². The van der Waals surface area contributed by atoms with Gasteiger partial charge >= 0.3 is 6.18 Å². The number of hydrogen-bond donors (Lipinski definition) is 2. The lowest BCUT2D eigenvalue weighted by atomic mass is 10.2. The van der Waals surface area contributed by atoms with Crippen LogP contribution >= 0.6 is 24.0 Å². The molecule has 0 aliphatic carbocycles. The maximum Gasteiger partial charge on any atom is 0.422 e. The Balaban J connectivity index is 0.00000364. The van der Waals surface area contributed by atoms with Crippen molar-refractivity contribution in [2.45, 2.75) is 26.1 Å². The SMILES string of the molecule is CCNC(=NCc1cccc(OCC(F)(F)F)c1)NCCc1ccco1.I. The minimum absolute atomic E-state index is 0. The molecule has 150 valence electrons. The van der Waals surface area contributed by atoms with Crippen LogP contribution in [0.1, 0.15) is 18.2 Å². The second-order valence-electron chi connectivity index (χ2n) is 5.50. The molecule has 0 aliphatic heterocycles. The van der Waals surface area contributed by atoms with Crippen LogP contribution in [0.15, 0.2) is 52.1 Å². The topological polar surface area (TPSA) is 58.8 Å². The Morgan fingerprint density at radius 3 is 2.67 bits per heavy atom. The molecule has 0 fully saturated rings. The molecule has 1 aromatic carbocycles. The molecule has 2 aromatic rings. The summed E-state index contributed by atoms with van der Waals surface area (Å²) >= 11 is 0. The van der Waals surface area contributed by atoms with Crippen molar-refractivity contribution >= 4 is 29.9 Å². The minimum atomic E-state index is -4.36. The number of nitrogens with zero attached hydrogens (tertiary/aromatic N) is 1. The molecule has 0 unspecified atom stereocenters. The fraction of sp³-hybridized carbons (Fsp3) is 0.389. The smallest absolute Gasteiger partial charge is 0.422 e. The van der Waals surface area contributed by atoms with Gasteiger partial charge in [-0.25, -0.2) is 4.99 Å². The van der Waals surface area contributed by atoms with E-state index in [-0.39, 0.29) is 29.7 Å². The molecular formula is C18H23F3IN3O2. The summed E-state index contributed by atoms with van der Waals surface area (Å²) in [7, 11) is 0. The molecule has 0 bridgehead atoms. The van der Waals surface area contributed by atoms with Gasteiger partial charge in [-0.2, -0.15) is 13.2 Å². The summed E-state index contributed by atoms with van der Waals surface area (Å²) < 4.78 is 46.7. The standard InChI is InChI=1S/C18H22F3N3O2.HI/c1-2-22-17(23-9-8-15-7-4-10-25-15)24-12-14-5-3-6-16(11-14)26-13-18(19,20)21;/h3-7,10-11H,2,8-9,12-13H2,1H3,(H2,22,23,24);1H. The van der Waals surface area contributed by atoms with Crippen LogP contribution in [-0.2, 0) is 13.0 Å². The highest BCUT2D eigenvalue weighted by atomic mass is 127. The van der Waals surface area contributed by atoms with Crippen molar-refractivity contribution in [3.63, 3.8) is 0 Å². The number of guanidine groups is 1. The quantitative estimate of drug-likeness (QED) is 0.327. The Morgan fingerprint density at radius 1 is 1.19 bits per heavy atom. The zero-order chi connectivity index (χ0) is 18.8. The van der Waals surface area contributed by atoms with E-state index in [1.165, 1.54) is 6.07 Å². The van der Waals surface area contributed by atoms with Crippen molar-refractivity contribution in [3.05, 3.63) is 54.0 Å². The van der Waals surface area contributed by atoms with Gasteiger partial charge in [-0.05, 0) is 36.8 Å². The predicted molar refractivity (Wildman–Crippen MR) is 109 cm³/mol. The van der Waals surface area contributed by atoms with E-state index in [0.29, 0.717) is 25.6 Å². The second kappa shape index (κ2) is 11.7. The molecule has 27 heavy (non-hydrogen) atoms. The van der Waals surface area contributed by atoms with Gasteiger partial charge in [0.2, 0.25) is 0 Å². The number of halogens is 4. The Bertz CT molecular complexity index is 691. The average molecular weight is 497 g/mol. The van der Waals surface area contributed by atoms with Crippen LogP contribution in [-0.4, -0.2) is 31.8 Å². The highest BCUT2D eigenvalue weighted by Crippen LogP contribution is 2.19. The summed E-state index contributed by atoms with van der Waals surface area (Å²) in [6, 6.07) is 10.2. The minimum Gasteiger partial charge on any atom is -0.484 e. The first-order valence-corrected chi connectivity index (χ1v) is 8.29. The van der Waals surface area contributed by atoms with Gasteiger partial charge in [0.1, 0.15) is 11.5 Å². The maximum atomic E-state index is 12.2. The predicted octanol–water partition coefficient (Wildman–Crippen LogP) is 4.14. The number of furan rings is 1. The number of rotatable bonds is 8. The first kappa shape index (κ1) is 23.1. The van der Waals surface area contributed by atoms with Crippen LogP contribution in [0, 0.1) is 0 Å². The lowest BCUT2D eigenvalue weighted by Crippen LogP contribution is -2.38. The van der Waals surface area contributed by atoms with Crippen LogP contribution in [0.5, 0.6) is 5.75 Å². The Hall–Kier alpha value is -1.91. The molecule has 2 rings (SSSR count). The lowest BCUT2D eigenvalue weighted by Gasteiger charge is -2.12. The van der Waals surface area contributed by atoms with Crippen molar-refractivity contribution in [1.82, 2.24) is 10.6 Å². The highest BCUT2D eigenvalue weighted by molar-refractivity contribution is 14.0. The first-order valence-electron chi connectivity index (χ1n) is 8.29. The van der Waals surface area contributed by atoms with Crippen LogP contribution in [0.3, 0.4) is 0 Å². The maximum absolute atomic E-state index is 12.2. The molecule has 9 heteroatoms. The third kappa shape index (κ3) is 9.55. The van der Waals surface area contributed by atoms with Crippen LogP contribution in [0.25, 0.3) is 0 Å². The average Bonchev–Trinajstić information content (AvgIpc) is 3.11. The lowest BCUT2D eigenvalue weighted by molar-refractivity contribution is -0.153. The van der Waals surface area contributed by atoms with E-state index in [0.717, 1.165) is 17.7 Å². The molecule has 0 spiro atoms. The Labute approximate surface area is 173 Å².